The molecule has 23 heavy (non-hydrogen) atoms. The monoisotopic (exact) mass is 342 g/mol. The number of hydrogen-bond donors (Lipinski definition) is 2. The number of amides is 1. The van der Waals surface area contributed by atoms with E-state index < -0.39 is 0 Å². The molecule has 6 nitrogen and oxygen atoms in total. The van der Waals surface area contributed by atoms with Crippen LogP contribution in [0.3, 0.4) is 0 Å². The Hall–Kier alpha value is -1.11. The number of nitrogens with zero attached hydrogens (tertiary/aromatic N) is 2. The minimum atomic E-state index is 0.00525. The minimum Gasteiger partial charge on any atom is -0.377 e. The van der Waals surface area contributed by atoms with Gasteiger partial charge in [-0.2, -0.15) is 5.10 Å². The molecule has 3 atom stereocenters. The Labute approximate surface area is 142 Å². The average molecular weight is 343 g/mol. The van der Waals surface area contributed by atoms with E-state index in [2.05, 4.69) is 17.3 Å². The lowest BCUT2D eigenvalue weighted by Crippen LogP contribution is -2.46. The number of aryl methyl sites for hydroxylation is 1. The third-order valence-corrected chi connectivity index (χ3v) is 4.41. The van der Waals surface area contributed by atoms with Gasteiger partial charge in [-0.05, 0) is 32.1 Å². The summed E-state index contributed by atoms with van der Waals surface area (Å²) in [4.78, 5) is 12.3. The maximum absolute atomic E-state index is 12.3. The number of aromatic nitrogens is 2. The first-order chi connectivity index (χ1) is 11.1. The number of hydrogen-bond acceptors (Lipinski definition) is 4. The molecule has 0 radical (unpaired) electrons. The molecule has 1 heterocycles. The highest BCUT2D eigenvalue weighted by atomic mass is 35.5. The maximum Gasteiger partial charge on any atom is 0.223 e. The van der Waals surface area contributed by atoms with Crippen molar-refractivity contribution in [3.8, 4) is 0 Å². The van der Waals surface area contributed by atoms with Crippen molar-refractivity contribution in [3.05, 3.63) is 17.4 Å². The van der Waals surface area contributed by atoms with E-state index in [4.69, 9.17) is 22.1 Å². The van der Waals surface area contributed by atoms with Crippen LogP contribution in [-0.2, 0) is 16.1 Å². The van der Waals surface area contributed by atoms with Gasteiger partial charge in [0.2, 0.25) is 5.91 Å². The first kappa shape index (κ1) is 18.2. The van der Waals surface area contributed by atoms with Crippen molar-refractivity contribution in [2.45, 2.75) is 57.7 Å². The van der Waals surface area contributed by atoms with Crippen molar-refractivity contribution < 1.29 is 9.53 Å². The summed E-state index contributed by atoms with van der Waals surface area (Å²) in [6.07, 6.45) is 7.60. The quantitative estimate of drug-likeness (QED) is 0.707. The molecular formula is C16H27ClN4O2. The number of nitrogens with two attached hydrogens (primary N) is 1. The Bertz CT molecular complexity index is 494. The fourth-order valence-electron chi connectivity index (χ4n) is 2.91. The van der Waals surface area contributed by atoms with E-state index in [9.17, 15) is 4.79 Å². The van der Waals surface area contributed by atoms with Crippen LogP contribution in [0, 0.1) is 5.92 Å². The lowest BCUT2D eigenvalue weighted by molar-refractivity contribution is -0.128. The van der Waals surface area contributed by atoms with Gasteiger partial charge in [0.05, 0.1) is 17.3 Å². The van der Waals surface area contributed by atoms with Gasteiger partial charge in [-0.15, -0.1) is 0 Å². The Morgan fingerprint density at radius 3 is 3.09 bits per heavy atom. The molecule has 1 aromatic heterocycles. The molecule has 0 saturated heterocycles. The summed E-state index contributed by atoms with van der Waals surface area (Å²) in [7, 11) is 0. The zero-order valence-corrected chi connectivity index (χ0v) is 14.5. The van der Waals surface area contributed by atoms with Crippen molar-refractivity contribution in [2.24, 2.45) is 11.7 Å². The van der Waals surface area contributed by atoms with Gasteiger partial charge in [0.25, 0.3) is 0 Å². The summed E-state index contributed by atoms with van der Waals surface area (Å²) >= 11 is 5.81. The highest BCUT2D eigenvalue weighted by Crippen LogP contribution is 2.26. The molecule has 2 rings (SSSR count). The van der Waals surface area contributed by atoms with Crippen LogP contribution in [0.25, 0.3) is 0 Å². The molecule has 1 aliphatic rings. The lowest BCUT2D eigenvalue weighted by Gasteiger charge is -2.33. The zero-order valence-electron chi connectivity index (χ0n) is 13.7. The summed E-state index contributed by atoms with van der Waals surface area (Å²) < 4.78 is 7.56. The molecule has 130 valence electrons. The molecule has 7 heteroatoms. The fourth-order valence-corrected chi connectivity index (χ4v) is 3.07. The molecular weight excluding hydrogens is 316 g/mol. The number of carbonyl (C=O) groups is 1. The number of nitrogens with one attached hydrogen (secondary N) is 1. The first-order valence-corrected chi connectivity index (χ1v) is 8.80. The number of halogens is 1. The summed E-state index contributed by atoms with van der Waals surface area (Å²) in [5, 5.41) is 7.75. The van der Waals surface area contributed by atoms with Crippen LogP contribution < -0.4 is 11.1 Å². The summed E-state index contributed by atoms with van der Waals surface area (Å²) in [6.45, 7) is 4.16. The highest BCUT2D eigenvalue weighted by molar-refractivity contribution is 6.30. The SMILES string of the molecule is CCCO[C@@H]1C[C@@H](C(=O)NCCCn2cc(Cl)cn2)CC[C@H]1N. The predicted molar refractivity (Wildman–Crippen MR) is 90.2 cm³/mol. The maximum atomic E-state index is 12.3. The van der Waals surface area contributed by atoms with Gasteiger partial charge in [-0.25, -0.2) is 0 Å². The van der Waals surface area contributed by atoms with Crippen LogP contribution in [-0.4, -0.2) is 41.0 Å². The Morgan fingerprint density at radius 2 is 2.39 bits per heavy atom. The normalized spacial score (nSPS) is 24.6. The Kier molecular flexibility index (Phi) is 7.33. The van der Waals surface area contributed by atoms with Gasteiger partial charge in [-0.3, -0.25) is 9.48 Å². The van der Waals surface area contributed by atoms with E-state index in [1.807, 2.05) is 0 Å². The van der Waals surface area contributed by atoms with Crippen molar-refractivity contribution >= 4 is 17.5 Å². The highest BCUT2D eigenvalue weighted by Gasteiger charge is 2.32. The molecule has 1 saturated carbocycles. The molecule has 0 unspecified atom stereocenters. The molecule has 0 aliphatic heterocycles. The van der Waals surface area contributed by atoms with Crippen molar-refractivity contribution in [1.29, 1.82) is 0 Å². The summed E-state index contributed by atoms with van der Waals surface area (Å²) in [6, 6.07) is 0.0511. The molecule has 1 fully saturated rings. The molecule has 1 aliphatic carbocycles. The number of carbonyl (C=O) groups excluding carboxylic acids is 1. The standard InChI is InChI=1S/C16H27ClN4O2/c1-2-8-23-15-9-12(4-5-14(15)18)16(22)19-6-3-7-21-11-13(17)10-20-21/h10-12,14-15H,2-9,18H2,1H3,(H,19,22)/t12-,14+,15+/m0/s1. The van der Waals surface area contributed by atoms with E-state index in [0.717, 1.165) is 38.6 Å². The van der Waals surface area contributed by atoms with Gasteiger partial charge in [-0.1, -0.05) is 18.5 Å². The molecule has 0 spiro atoms. The second kappa shape index (κ2) is 9.25. The van der Waals surface area contributed by atoms with Gasteiger partial charge < -0.3 is 15.8 Å². The molecule has 0 bridgehead atoms. The largest absolute Gasteiger partial charge is 0.377 e. The second-order valence-electron chi connectivity index (χ2n) is 6.15. The van der Waals surface area contributed by atoms with Crippen LogP contribution in [0.5, 0.6) is 0 Å². The van der Waals surface area contributed by atoms with E-state index in [0.29, 0.717) is 18.2 Å². The van der Waals surface area contributed by atoms with E-state index in [-0.39, 0.29) is 24.0 Å². The number of rotatable bonds is 8. The molecule has 3 N–H and O–H groups in total. The van der Waals surface area contributed by atoms with Gasteiger partial charge in [0.15, 0.2) is 0 Å². The lowest BCUT2D eigenvalue weighted by atomic mass is 9.83. The van der Waals surface area contributed by atoms with Crippen LogP contribution in [0.2, 0.25) is 5.02 Å². The van der Waals surface area contributed by atoms with Gasteiger partial charge in [0.1, 0.15) is 0 Å². The van der Waals surface area contributed by atoms with E-state index in [1.54, 1.807) is 17.1 Å². The second-order valence-corrected chi connectivity index (χ2v) is 6.59. The zero-order chi connectivity index (χ0) is 16.7. The topological polar surface area (TPSA) is 82.2 Å². The molecule has 0 aromatic carbocycles. The summed E-state index contributed by atoms with van der Waals surface area (Å²) in [5.74, 6) is 0.122. The Balaban J connectivity index is 1.68. The van der Waals surface area contributed by atoms with Crippen LogP contribution >= 0.6 is 11.6 Å². The smallest absolute Gasteiger partial charge is 0.223 e. The number of ether oxygens (including phenoxy) is 1. The predicted octanol–water partition coefficient (Wildman–Crippen LogP) is 1.97. The molecule has 1 amide bonds. The summed E-state index contributed by atoms with van der Waals surface area (Å²) in [5.41, 5.74) is 6.09. The third-order valence-electron chi connectivity index (χ3n) is 4.21. The Morgan fingerprint density at radius 1 is 1.57 bits per heavy atom. The fraction of sp³-hybridized carbons (Fsp3) is 0.750. The van der Waals surface area contributed by atoms with Crippen molar-refractivity contribution in [2.75, 3.05) is 13.2 Å². The van der Waals surface area contributed by atoms with E-state index in [1.165, 1.54) is 0 Å². The van der Waals surface area contributed by atoms with Crippen LogP contribution in [0.15, 0.2) is 12.4 Å². The van der Waals surface area contributed by atoms with Crippen LogP contribution in [0.1, 0.15) is 39.0 Å². The third kappa shape index (κ3) is 5.79. The van der Waals surface area contributed by atoms with E-state index >= 15 is 0 Å². The molecule has 1 aromatic rings. The van der Waals surface area contributed by atoms with Crippen LogP contribution in [0.4, 0.5) is 0 Å². The van der Waals surface area contributed by atoms with Crippen molar-refractivity contribution in [1.82, 2.24) is 15.1 Å². The van der Waals surface area contributed by atoms with Gasteiger partial charge >= 0.3 is 0 Å². The first-order valence-electron chi connectivity index (χ1n) is 8.43. The average Bonchev–Trinajstić information content (AvgIpc) is 2.96. The van der Waals surface area contributed by atoms with Crippen molar-refractivity contribution in [3.63, 3.8) is 0 Å². The minimum absolute atomic E-state index is 0.00525. The van der Waals surface area contributed by atoms with Gasteiger partial charge in [0, 0.05) is 37.9 Å².